The van der Waals surface area contributed by atoms with E-state index in [2.05, 4.69) is 4.98 Å². The summed E-state index contributed by atoms with van der Waals surface area (Å²) in [6.07, 6.45) is 1.21. The molecule has 0 unspecified atom stereocenters. The summed E-state index contributed by atoms with van der Waals surface area (Å²) >= 11 is 5.50. The van der Waals surface area contributed by atoms with Crippen LogP contribution in [0.1, 0.15) is 14.5 Å². The predicted molar refractivity (Wildman–Crippen MR) is 42.6 cm³/mol. The summed E-state index contributed by atoms with van der Waals surface area (Å²) in [7, 11) is 0. The standard InChI is InChI=1S/C7H7ClN2O/c1-9-7(11)5-2-3-6(8)10-4-5/h2-4H,1H3,(H,9,11)/i1D3. The Labute approximate surface area is 73.6 Å². The first-order valence-corrected chi connectivity index (χ1v) is 3.20. The first-order chi connectivity index (χ1) is 6.38. The maximum Gasteiger partial charge on any atom is 0.252 e. The third-order valence-corrected chi connectivity index (χ3v) is 1.33. The molecule has 0 saturated heterocycles. The molecule has 0 radical (unpaired) electrons. The summed E-state index contributed by atoms with van der Waals surface area (Å²) in [6.45, 7) is -2.49. The molecule has 0 spiro atoms. The molecule has 0 bridgehead atoms. The van der Waals surface area contributed by atoms with Crippen molar-refractivity contribution in [2.24, 2.45) is 0 Å². The quantitative estimate of drug-likeness (QED) is 0.647. The molecule has 0 aliphatic heterocycles. The Bertz CT molecular complexity index is 336. The minimum atomic E-state index is -2.49. The van der Waals surface area contributed by atoms with Crippen LogP contribution >= 0.6 is 11.6 Å². The molecule has 1 amide bonds. The van der Waals surface area contributed by atoms with Gasteiger partial charge >= 0.3 is 0 Å². The summed E-state index contributed by atoms with van der Waals surface area (Å²) in [6, 6.07) is 2.81. The maximum atomic E-state index is 11.2. The van der Waals surface area contributed by atoms with Crippen molar-refractivity contribution in [1.29, 1.82) is 0 Å². The lowest BCUT2D eigenvalue weighted by molar-refractivity contribution is 0.0963. The van der Waals surface area contributed by atoms with Crippen molar-refractivity contribution in [1.82, 2.24) is 10.3 Å². The van der Waals surface area contributed by atoms with Gasteiger partial charge in [0.05, 0.1) is 5.56 Å². The van der Waals surface area contributed by atoms with Crippen LogP contribution in [-0.4, -0.2) is 17.9 Å². The summed E-state index contributed by atoms with van der Waals surface area (Å²) in [5.41, 5.74) is 0.158. The van der Waals surface area contributed by atoms with Crippen molar-refractivity contribution in [3.63, 3.8) is 0 Å². The SMILES string of the molecule is [2H]C([2H])([2H])NC(=O)c1ccc(Cl)nc1. The molecular formula is C7H7ClN2O. The third-order valence-electron chi connectivity index (χ3n) is 1.10. The molecule has 0 aromatic carbocycles. The topological polar surface area (TPSA) is 42.0 Å². The average molecular weight is 174 g/mol. The summed E-state index contributed by atoms with van der Waals surface area (Å²) in [5.74, 6) is -0.700. The van der Waals surface area contributed by atoms with Crippen LogP contribution in [0.5, 0.6) is 0 Å². The van der Waals surface area contributed by atoms with E-state index in [0.29, 0.717) is 0 Å². The van der Waals surface area contributed by atoms with Gasteiger partial charge in [-0.2, -0.15) is 0 Å². The van der Waals surface area contributed by atoms with E-state index in [1.54, 1.807) is 0 Å². The van der Waals surface area contributed by atoms with E-state index < -0.39 is 12.9 Å². The van der Waals surface area contributed by atoms with Crippen LogP contribution in [0.4, 0.5) is 0 Å². The van der Waals surface area contributed by atoms with Crippen molar-refractivity contribution in [3.05, 3.63) is 29.0 Å². The summed E-state index contributed by atoms with van der Waals surface area (Å²) in [5, 5.41) is 2.08. The van der Waals surface area contributed by atoms with Crippen LogP contribution in [-0.2, 0) is 0 Å². The Balaban J connectivity index is 2.76. The minimum Gasteiger partial charge on any atom is -0.355 e. The van der Waals surface area contributed by atoms with Crippen LogP contribution in [0.15, 0.2) is 18.3 Å². The van der Waals surface area contributed by atoms with Gasteiger partial charge in [-0.1, -0.05) is 11.6 Å². The number of carbonyl (C=O) groups is 1. The second-order valence-electron chi connectivity index (χ2n) is 1.82. The number of hydrogen-bond donors (Lipinski definition) is 1. The molecule has 58 valence electrons. The lowest BCUT2D eigenvalue weighted by Gasteiger charge is -1.96. The van der Waals surface area contributed by atoms with Crippen LogP contribution in [0.25, 0.3) is 0 Å². The van der Waals surface area contributed by atoms with Gasteiger partial charge < -0.3 is 5.32 Å². The van der Waals surface area contributed by atoms with Crippen LogP contribution in [0.2, 0.25) is 5.15 Å². The number of nitrogens with zero attached hydrogens (tertiary/aromatic N) is 1. The number of rotatable bonds is 1. The molecule has 11 heavy (non-hydrogen) atoms. The molecule has 1 aromatic heterocycles. The Kier molecular flexibility index (Phi) is 1.44. The molecule has 0 saturated carbocycles. The fourth-order valence-corrected chi connectivity index (χ4v) is 0.694. The summed E-state index contributed by atoms with van der Waals surface area (Å²) in [4.78, 5) is 14.9. The molecule has 4 heteroatoms. The van der Waals surface area contributed by atoms with Gasteiger partial charge in [-0.05, 0) is 12.1 Å². The Morgan fingerprint density at radius 1 is 1.82 bits per heavy atom. The van der Waals surface area contributed by atoms with Crippen molar-refractivity contribution in [2.75, 3.05) is 6.98 Å². The highest BCUT2D eigenvalue weighted by molar-refractivity contribution is 6.29. The summed E-state index contributed by atoms with van der Waals surface area (Å²) < 4.78 is 20.4. The first-order valence-electron chi connectivity index (χ1n) is 4.32. The first kappa shape index (κ1) is 4.72. The number of aromatic nitrogens is 1. The van der Waals surface area contributed by atoms with Gasteiger partial charge in [-0.15, -0.1) is 0 Å². The van der Waals surface area contributed by atoms with E-state index >= 15 is 0 Å². The van der Waals surface area contributed by atoms with Crippen molar-refractivity contribution < 1.29 is 8.91 Å². The highest BCUT2D eigenvalue weighted by atomic mass is 35.5. The fourth-order valence-electron chi connectivity index (χ4n) is 0.582. The maximum absolute atomic E-state index is 11.2. The van der Waals surface area contributed by atoms with E-state index in [-0.39, 0.29) is 10.7 Å². The number of carbonyl (C=O) groups excluding carboxylic acids is 1. The van der Waals surface area contributed by atoms with Gasteiger partial charge in [-0.3, -0.25) is 4.79 Å². The molecule has 0 fully saturated rings. The third kappa shape index (κ3) is 1.91. The predicted octanol–water partition coefficient (Wildman–Crippen LogP) is 1.09. The van der Waals surface area contributed by atoms with Crippen molar-refractivity contribution in [3.8, 4) is 0 Å². The van der Waals surface area contributed by atoms with E-state index in [0.717, 1.165) is 0 Å². The molecular weight excluding hydrogens is 164 g/mol. The van der Waals surface area contributed by atoms with Gasteiger partial charge in [0.25, 0.3) is 5.91 Å². The second kappa shape index (κ2) is 3.34. The smallest absolute Gasteiger partial charge is 0.252 e. The van der Waals surface area contributed by atoms with Gasteiger partial charge in [0.15, 0.2) is 0 Å². The minimum absolute atomic E-state index is 0.158. The zero-order chi connectivity index (χ0) is 10.8. The highest BCUT2D eigenvalue weighted by Gasteiger charge is 2.01. The second-order valence-corrected chi connectivity index (χ2v) is 2.21. The van der Waals surface area contributed by atoms with E-state index in [9.17, 15) is 4.79 Å². The number of pyridine rings is 1. The molecule has 3 nitrogen and oxygen atoms in total. The average Bonchev–Trinajstić information content (AvgIpc) is 2.02. The molecule has 0 aliphatic rings. The molecule has 0 atom stereocenters. The van der Waals surface area contributed by atoms with E-state index in [1.807, 2.05) is 5.32 Å². The molecule has 0 aliphatic carbocycles. The Hall–Kier alpha value is -1.09. The number of nitrogens with one attached hydrogen (secondary N) is 1. The van der Waals surface area contributed by atoms with Gasteiger partial charge in [0.1, 0.15) is 5.15 Å². The van der Waals surface area contributed by atoms with E-state index in [4.69, 9.17) is 15.7 Å². The normalized spacial score (nSPS) is 14.5. The Morgan fingerprint density at radius 2 is 2.64 bits per heavy atom. The van der Waals surface area contributed by atoms with E-state index in [1.165, 1.54) is 18.3 Å². The molecule has 1 heterocycles. The lowest BCUT2D eigenvalue weighted by atomic mass is 10.3. The Morgan fingerprint density at radius 3 is 3.18 bits per heavy atom. The van der Waals surface area contributed by atoms with Gasteiger partial charge in [0, 0.05) is 17.3 Å². The van der Waals surface area contributed by atoms with Crippen molar-refractivity contribution >= 4 is 17.5 Å². The largest absolute Gasteiger partial charge is 0.355 e. The number of amides is 1. The lowest BCUT2D eigenvalue weighted by Crippen LogP contribution is -2.17. The van der Waals surface area contributed by atoms with Crippen LogP contribution < -0.4 is 5.32 Å². The molecule has 1 N–H and O–H groups in total. The molecule has 1 rings (SSSR count). The fraction of sp³-hybridized carbons (Fsp3) is 0.143. The highest BCUT2D eigenvalue weighted by Crippen LogP contribution is 2.04. The zero-order valence-corrected chi connectivity index (χ0v) is 6.22. The number of hydrogen-bond acceptors (Lipinski definition) is 2. The van der Waals surface area contributed by atoms with Crippen LogP contribution in [0, 0.1) is 0 Å². The number of halogens is 1. The molecule has 1 aromatic rings. The van der Waals surface area contributed by atoms with Gasteiger partial charge in [-0.25, -0.2) is 4.98 Å². The van der Waals surface area contributed by atoms with Crippen LogP contribution in [0.3, 0.4) is 0 Å². The van der Waals surface area contributed by atoms with Gasteiger partial charge in [0.2, 0.25) is 0 Å². The monoisotopic (exact) mass is 173 g/mol. The van der Waals surface area contributed by atoms with Crippen molar-refractivity contribution in [2.45, 2.75) is 0 Å². The zero-order valence-electron chi connectivity index (χ0n) is 8.47.